The molecule has 17 heavy (non-hydrogen) atoms. The average molecular weight is 257 g/mol. The van der Waals surface area contributed by atoms with Crippen LogP contribution >= 0.6 is 11.8 Å². The summed E-state index contributed by atoms with van der Waals surface area (Å²) in [7, 11) is 0. The van der Waals surface area contributed by atoms with Gasteiger partial charge in [0.1, 0.15) is 6.26 Å². The molecule has 0 radical (unpaired) electrons. The van der Waals surface area contributed by atoms with Crippen LogP contribution in [0.25, 0.3) is 0 Å². The molecule has 0 aliphatic rings. The van der Waals surface area contributed by atoms with Gasteiger partial charge in [0.25, 0.3) is 5.91 Å². The third kappa shape index (κ3) is 3.90. The Morgan fingerprint density at radius 2 is 2.29 bits per heavy atom. The summed E-state index contributed by atoms with van der Waals surface area (Å²) in [6, 6.07) is 2.42. The standard InChI is InChI=1S/C11H15NO4S/c1-7(9(5-13)17-2)12-11(15)8-3-4-10(14)16-6-8/h3-4,6-7,9,13H,5H2,1-2H3,(H,12,15). The summed E-state index contributed by atoms with van der Waals surface area (Å²) in [6.45, 7) is 1.81. The molecule has 1 rings (SSSR count). The van der Waals surface area contributed by atoms with Crippen LogP contribution in [0.1, 0.15) is 17.3 Å². The Balaban J connectivity index is 2.66. The number of nitrogens with one attached hydrogen (secondary N) is 1. The van der Waals surface area contributed by atoms with E-state index in [2.05, 4.69) is 9.73 Å². The minimum atomic E-state index is -0.494. The zero-order valence-electron chi connectivity index (χ0n) is 9.67. The van der Waals surface area contributed by atoms with Crippen molar-refractivity contribution in [3.05, 3.63) is 34.4 Å². The summed E-state index contributed by atoms with van der Waals surface area (Å²) in [6.07, 6.45) is 2.99. The molecule has 1 aromatic heterocycles. The maximum absolute atomic E-state index is 11.7. The quantitative estimate of drug-likeness (QED) is 0.802. The molecule has 1 amide bonds. The zero-order chi connectivity index (χ0) is 12.8. The predicted molar refractivity (Wildman–Crippen MR) is 66.3 cm³/mol. The summed E-state index contributed by atoms with van der Waals surface area (Å²) >= 11 is 1.48. The molecule has 0 aliphatic heterocycles. The number of aliphatic hydroxyl groups is 1. The third-order valence-corrected chi connectivity index (χ3v) is 3.53. The normalized spacial score (nSPS) is 14.1. The molecule has 5 nitrogen and oxygen atoms in total. The van der Waals surface area contributed by atoms with Crippen LogP contribution in [0.4, 0.5) is 0 Å². The van der Waals surface area contributed by atoms with E-state index in [1.165, 1.54) is 23.9 Å². The van der Waals surface area contributed by atoms with Crippen LogP contribution < -0.4 is 10.9 Å². The van der Waals surface area contributed by atoms with Crippen molar-refractivity contribution in [1.82, 2.24) is 5.32 Å². The van der Waals surface area contributed by atoms with E-state index in [9.17, 15) is 9.59 Å². The first-order valence-electron chi connectivity index (χ1n) is 5.12. The van der Waals surface area contributed by atoms with E-state index >= 15 is 0 Å². The number of hydrogen-bond donors (Lipinski definition) is 2. The van der Waals surface area contributed by atoms with Gasteiger partial charge in [0.05, 0.1) is 12.2 Å². The summed E-state index contributed by atoms with van der Waals surface area (Å²) in [5, 5.41) is 11.8. The Kier molecular flexibility index (Phi) is 5.24. The van der Waals surface area contributed by atoms with E-state index in [0.717, 1.165) is 6.26 Å². The van der Waals surface area contributed by atoms with Gasteiger partial charge in [-0.2, -0.15) is 11.8 Å². The van der Waals surface area contributed by atoms with Gasteiger partial charge in [-0.15, -0.1) is 0 Å². The zero-order valence-corrected chi connectivity index (χ0v) is 10.5. The summed E-state index contributed by atoms with van der Waals surface area (Å²) in [5.74, 6) is -0.325. The van der Waals surface area contributed by atoms with Crippen molar-refractivity contribution in [3.63, 3.8) is 0 Å². The first-order valence-corrected chi connectivity index (χ1v) is 6.40. The van der Waals surface area contributed by atoms with Crippen molar-refractivity contribution in [1.29, 1.82) is 0 Å². The van der Waals surface area contributed by atoms with Crippen LogP contribution in [-0.4, -0.2) is 35.2 Å². The number of carbonyl (C=O) groups is 1. The second-order valence-corrected chi connectivity index (χ2v) is 4.64. The van der Waals surface area contributed by atoms with E-state index in [-0.39, 0.29) is 29.4 Å². The number of amides is 1. The molecule has 94 valence electrons. The highest BCUT2D eigenvalue weighted by Crippen LogP contribution is 2.10. The second kappa shape index (κ2) is 6.46. The Labute approximate surface area is 103 Å². The van der Waals surface area contributed by atoms with Crippen molar-refractivity contribution in [2.45, 2.75) is 18.2 Å². The van der Waals surface area contributed by atoms with Gasteiger partial charge in [-0.05, 0) is 19.2 Å². The van der Waals surface area contributed by atoms with Gasteiger partial charge < -0.3 is 14.8 Å². The number of thioether (sulfide) groups is 1. The van der Waals surface area contributed by atoms with Gasteiger partial charge in [0.15, 0.2) is 0 Å². The van der Waals surface area contributed by atoms with Crippen molar-refractivity contribution in [2.75, 3.05) is 12.9 Å². The van der Waals surface area contributed by atoms with E-state index < -0.39 is 5.63 Å². The highest BCUT2D eigenvalue weighted by molar-refractivity contribution is 7.99. The molecule has 0 spiro atoms. The molecule has 1 heterocycles. The van der Waals surface area contributed by atoms with E-state index in [1.54, 1.807) is 0 Å². The van der Waals surface area contributed by atoms with Crippen LogP contribution in [0.5, 0.6) is 0 Å². The van der Waals surface area contributed by atoms with Crippen LogP contribution in [0, 0.1) is 0 Å². The highest BCUT2D eigenvalue weighted by Gasteiger charge is 2.18. The smallest absolute Gasteiger partial charge is 0.335 e. The lowest BCUT2D eigenvalue weighted by Crippen LogP contribution is -2.41. The molecular weight excluding hydrogens is 242 g/mol. The van der Waals surface area contributed by atoms with Gasteiger partial charge in [-0.25, -0.2) is 4.79 Å². The van der Waals surface area contributed by atoms with Crippen molar-refractivity contribution in [3.8, 4) is 0 Å². The molecule has 2 N–H and O–H groups in total. The Morgan fingerprint density at radius 3 is 2.76 bits per heavy atom. The fraction of sp³-hybridized carbons (Fsp3) is 0.455. The lowest BCUT2D eigenvalue weighted by Gasteiger charge is -2.21. The summed E-state index contributed by atoms with van der Waals surface area (Å²) in [5.41, 5.74) is -0.207. The van der Waals surface area contributed by atoms with E-state index in [0.29, 0.717) is 0 Å². The van der Waals surface area contributed by atoms with Crippen LogP contribution in [0.15, 0.2) is 27.6 Å². The number of carbonyl (C=O) groups excluding carboxylic acids is 1. The van der Waals surface area contributed by atoms with Gasteiger partial charge in [-0.1, -0.05) is 0 Å². The maximum atomic E-state index is 11.7. The molecule has 0 saturated heterocycles. The average Bonchev–Trinajstić information content (AvgIpc) is 2.31. The van der Waals surface area contributed by atoms with Gasteiger partial charge in [0.2, 0.25) is 0 Å². The van der Waals surface area contributed by atoms with Crippen molar-refractivity contribution >= 4 is 17.7 Å². The minimum absolute atomic E-state index is 0.00745. The number of aliphatic hydroxyl groups excluding tert-OH is 1. The first-order chi connectivity index (χ1) is 8.08. The summed E-state index contributed by atoms with van der Waals surface area (Å²) < 4.78 is 4.60. The lowest BCUT2D eigenvalue weighted by atomic mass is 10.2. The topological polar surface area (TPSA) is 79.5 Å². The molecule has 2 atom stereocenters. The molecule has 6 heteroatoms. The third-order valence-electron chi connectivity index (χ3n) is 2.36. The van der Waals surface area contributed by atoms with Gasteiger partial charge >= 0.3 is 5.63 Å². The molecule has 1 aromatic rings. The SMILES string of the molecule is CSC(CO)C(C)NC(=O)c1ccc(=O)oc1. The predicted octanol–water partition coefficient (Wildman–Crippen LogP) is 0.482. The van der Waals surface area contributed by atoms with Crippen molar-refractivity contribution in [2.24, 2.45) is 0 Å². The highest BCUT2D eigenvalue weighted by atomic mass is 32.2. The molecule has 0 aliphatic carbocycles. The molecule has 0 aromatic carbocycles. The molecule has 0 bridgehead atoms. The van der Waals surface area contributed by atoms with Crippen LogP contribution in [-0.2, 0) is 0 Å². The van der Waals surface area contributed by atoms with Gasteiger partial charge in [0, 0.05) is 17.4 Å². The number of rotatable bonds is 5. The molecular formula is C11H15NO4S. The second-order valence-electron chi connectivity index (χ2n) is 3.56. The summed E-state index contributed by atoms with van der Waals surface area (Å²) in [4.78, 5) is 22.5. The Hall–Kier alpha value is -1.27. The minimum Gasteiger partial charge on any atom is -0.430 e. The molecule has 0 fully saturated rings. The molecule has 2 unspecified atom stereocenters. The Bertz CT molecular complexity index is 407. The monoisotopic (exact) mass is 257 g/mol. The fourth-order valence-corrected chi connectivity index (χ4v) is 1.93. The largest absolute Gasteiger partial charge is 0.430 e. The maximum Gasteiger partial charge on any atom is 0.335 e. The first kappa shape index (κ1) is 13.8. The van der Waals surface area contributed by atoms with Crippen LogP contribution in [0.2, 0.25) is 0 Å². The fourth-order valence-electron chi connectivity index (χ4n) is 1.31. The Morgan fingerprint density at radius 1 is 1.59 bits per heavy atom. The van der Waals surface area contributed by atoms with Crippen LogP contribution in [0.3, 0.4) is 0 Å². The van der Waals surface area contributed by atoms with E-state index in [1.807, 2.05) is 13.2 Å². The van der Waals surface area contributed by atoms with Crippen molar-refractivity contribution < 1.29 is 14.3 Å². The number of hydrogen-bond acceptors (Lipinski definition) is 5. The van der Waals surface area contributed by atoms with E-state index in [4.69, 9.17) is 5.11 Å². The molecule has 0 saturated carbocycles. The lowest BCUT2D eigenvalue weighted by molar-refractivity contribution is 0.0933. The van der Waals surface area contributed by atoms with Gasteiger partial charge in [-0.3, -0.25) is 4.79 Å².